The number of fused-ring (bicyclic) bond motifs is 1. The standard InChI is InChI=1S/C17H11BrN4/c18-14-3-1-12(2-4-14)15-11-21-22-16(7-10-20-17(15)22)13-5-8-19-9-6-13/h1-11H. The lowest BCUT2D eigenvalue weighted by molar-refractivity contribution is 0.947. The highest BCUT2D eigenvalue weighted by molar-refractivity contribution is 9.10. The SMILES string of the molecule is Brc1ccc(-c2cnn3c(-c4ccncc4)ccnc23)cc1. The van der Waals surface area contributed by atoms with Crippen LogP contribution in [-0.2, 0) is 0 Å². The fourth-order valence-corrected chi connectivity index (χ4v) is 2.73. The van der Waals surface area contributed by atoms with Gasteiger partial charge in [0.2, 0.25) is 0 Å². The van der Waals surface area contributed by atoms with Crippen LogP contribution < -0.4 is 0 Å². The van der Waals surface area contributed by atoms with Gasteiger partial charge in [-0.05, 0) is 35.9 Å². The van der Waals surface area contributed by atoms with Crippen LogP contribution in [0.2, 0.25) is 0 Å². The van der Waals surface area contributed by atoms with E-state index in [-0.39, 0.29) is 0 Å². The molecule has 0 fully saturated rings. The first-order valence-electron chi connectivity index (χ1n) is 6.82. The van der Waals surface area contributed by atoms with Crippen molar-refractivity contribution < 1.29 is 0 Å². The van der Waals surface area contributed by atoms with Crippen molar-refractivity contribution in [3.8, 4) is 22.4 Å². The largest absolute Gasteiger partial charge is 0.265 e. The molecule has 0 radical (unpaired) electrons. The van der Waals surface area contributed by atoms with Crippen LogP contribution in [0.15, 0.2) is 71.7 Å². The first-order chi connectivity index (χ1) is 10.8. The Balaban J connectivity index is 1.92. The zero-order valence-corrected chi connectivity index (χ0v) is 13.1. The molecule has 0 aliphatic rings. The molecule has 0 aliphatic heterocycles. The van der Waals surface area contributed by atoms with Crippen LogP contribution in [0.1, 0.15) is 0 Å². The van der Waals surface area contributed by atoms with Gasteiger partial charge in [-0.15, -0.1) is 0 Å². The minimum atomic E-state index is 0.844. The van der Waals surface area contributed by atoms with Gasteiger partial charge in [0.05, 0.1) is 11.9 Å². The Labute approximate surface area is 135 Å². The maximum atomic E-state index is 4.52. The topological polar surface area (TPSA) is 43.1 Å². The molecule has 0 aliphatic carbocycles. The zero-order chi connectivity index (χ0) is 14.9. The average molecular weight is 351 g/mol. The molecule has 106 valence electrons. The van der Waals surface area contributed by atoms with E-state index in [1.165, 1.54) is 0 Å². The van der Waals surface area contributed by atoms with E-state index in [0.29, 0.717) is 0 Å². The molecule has 0 N–H and O–H groups in total. The van der Waals surface area contributed by atoms with Crippen molar-refractivity contribution in [3.05, 3.63) is 71.7 Å². The van der Waals surface area contributed by atoms with E-state index in [0.717, 1.165) is 32.5 Å². The molecule has 0 bridgehead atoms. The average Bonchev–Trinajstić information content (AvgIpc) is 3.00. The summed E-state index contributed by atoms with van der Waals surface area (Å²) in [5, 5.41) is 4.52. The van der Waals surface area contributed by atoms with Gasteiger partial charge in [0.15, 0.2) is 5.65 Å². The van der Waals surface area contributed by atoms with Crippen molar-refractivity contribution in [1.82, 2.24) is 19.6 Å². The van der Waals surface area contributed by atoms with E-state index in [4.69, 9.17) is 0 Å². The van der Waals surface area contributed by atoms with Crippen molar-refractivity contribution in [1.29, 1.82) is 0 Å². The quantitative estimate of drug-likeness (QED) is 0.543. The number of hydrogen-bond donors (Lipinski definition) is 0. The summed E-state index contributed by atoms with van der Waals surface area (Å²) >= 11 is 3.46. The Kier molecular flexibility index (Phi) is 3.20. The van der Waals surface area contributed by atoms with Crippen LogP contribution in [0.25, 0.3) is 28.0 Å². The Morgan fingerprint density at radius 1 is 0.818 bits per heavy atom. The van der Waals surface area contributed by atoms with Crippen LogP contribution in [0.5, 0.6) is 0 Å². The van der Waals surface area contributed by atoms with Crippen molar-refractivity contribution >= 4 is 21.6 Å². The van der Waals surface area contributed by atoms with E-state index in [1.54, 1.807) is 12.4 Å². The maximum absolute atomic E-state index is 4.52. The van der Waals surface area contributed by atoms with E-state index in [9.17, 15) is 0 Å². The summed E-state index contributed by atoms with van der Waals surface area (Å²) < 4.78 is 2.92. The number of nitrogens with zero attached hydrogens (tertiary/aromatic N) is 4. The monoisotopic (exact) mass is 350 g/mol. The smallest absolute Gasteiger partial charge is 0.163 e. The molecule has 1 aromatic carbocycles. The summed E-state index contributed by atoms with van der Waals surface area (Å²) in [6, 6.07) is 14.0. The summed E-state index contributed by atoms with van der Waals surface area (Å²) in [6.45, 7) is 0. The predicted octanol–water partition coefficient (Wildman–Crippen LogP) is 4.22. The van der Waals surface area contributed by atoms with Crippen LogP contribution >= 0.6 is 15.9 Å². The highest BCUT2D eigenvalue weighted by atomic mass is 79.9. The molecule has 4 nitrogen and oxygen atoms in total. The zero-order valence-electron chi connectivity index (χ0n) is 11.5. The Morgan fingerprint density at radius 2 is 1.59 bits per heavy atom. The molecule has 3 heterocycles. The number of aromatic nitrogens is 4. The van der Waals surface area contributed by atoms with Crippen molar-refractivity contribution in [3.63, 3.8) is 0 Å². The second-order valence-electron chi connectivity index (χ2n) is 4.87. The molecule has 0 saturated carbocycles. The maximum Gasteiger partial charge on any atom is 0.163 e. The molecule has 0 atom stereocenters. The lowest BCUT2D eigenvalue weighted by atomic mass is 10.1. The minimum absolute atomic E-state index is 0.844. The third kappa shape index (κ3) is 2.19. The predicted molar refractivity (Wildman–Crippen MR) is 89.4 cm³/mol. The summed E-state index contributed by atoms with van der Waals surface area (Å²) in [5.74, 6) is 0. The molecule has 0 saturated heterocycles. The number of rotatable bonds is 2. The number of halogens is 1. The van der Waals surface area contributed by atoms with Gasteiger partial charge in [-0.25, -0.2) is 9.50 Å². The van der Waals surface area contributed by atoms with Gasteiger partial charge >= 0.3 is 0 Å². The lowest BCUT2D eigenvalue weighted by Gasteiger charge is -2.05. The first kappa shape index (κ1) is 13.2. The Hall–Kier alpha value is -2.53. The molecule has 4 aromatic rings. The van der Waals surface area contributed by atoms with Gasteiger partial charge in [-0.2, -0.15) is 5.10 Å². The first-order valence-corrected chi connectivity index (χ1v) is 7.61. The fraction of sp³-hybridized carbons (Fsp3) is 0. The minimum Gasteiger partial charge on any atom is -0.265 e. The number of benzene rings is 1. The van der Waals surface area contributed by atoms with Crippen LogP contribution in [0.4, 0.5) is 0 Å². The van der Waals surface area contributed by atoms with Gasteiger partial charge in [-0.1, -0.05) is 28.1 Å². The van der Waals surface area contributed by atoms with Gasteiger partial charge in [-0.3, -0.25) is 4.98 Å². The van der Waals surface area contributed by atoms with Gasteiger partial charge in [0.1, 0.15) is 0 Å². The molecule has 0 unspecified atom stereocenters. The summed E-state index contributed by atoms with van der Waals surface area (Å²) in [6.07, 6.45) is 7.23. The van der Waals surface area contributed by atoms with Crippen LogP contribution in [0, 0.1) is 0 Å². The number of pyridine rings is 1. The third-order valence-electron chi connectivity index (χ3n) is 3.53. The molecule has 4 rings (SSSR count). The molecule has 0 spiro atoms. The fourth-order valence-electron chi connectivity index (χ4n) is 2.47. The van der Waals surface area contributed by atoms with Gasteiger partial charge in [0, 0.05) is 34.2 Å². The van der Waals surface area contributed by atoms with Crippen molar-refractivity contribution in [2.24, 2.45) is 0 Å². The summed E-state index contributed by atoms with van der Waals surface area (Å²) in [7, 11) is 0. The normalized spacial score (nSPS) is 11.0. The number of hydrogen-bond acceptors (Lipinski definition) is 3. The van der Waals surface area contributed by atoms with Crippen molar-refractivity contribution in [2.75, 3.05) is 0 Å². The molecule has 0 amide bonds. The van der Waals surface area contributed by atoms with Crippen molar-refractivity contribution in [2.45, 2.75) is 0 Å². The summed E-state index contributed by atoms with van der Waals surface area (Å²) in [5.41, 5.74) is 5.02. The Morgan fingerprint density at radius 3 is 2.36 bits per heavy atom. The van der Waals surface area contributed by atoms with Crippen LogP contribution in [0.3, 0.4) is 0 Å². The Bertz CT molecular complexity index is 930. The third-order valence-corrected chi connectivity index (χ3v) is 4.06. The van der Waals surface area contributed by atoms with E-state index in [2.05, 4.69) is 43.1 Å². The summed E-state index contributed by atoms with van der Waals surface area (Å²) in [4.78, 5) is 8.56. The van der Waals surface area contributed by atoms with E-state index >= 15 is 0 Å². The second kappa shape index (κ2) is 5.35. The van der Waals surface area contributed by atoms with Gasteiger partial charge < -0.3 is 0 Å². The highest BCUT2D eigenvalue weighted by Crippen LogP contribution is 2.27. The highest BCUT2D eigenvalue weighted by Gasteiger charge is 2.11. The molecular weight excluding hydrogens is 340 g/mol. The van der Waals surface area contributed by atoms with E-state index in [1.807, 2.05) is 47.2 Å². The van der Waals surface area contributed by atoms with Crippen LogP contribution in [-0.4, -0.2) is 19.6 Å². The molecule has 5 heteroatoms. The van der Waals surface area contributed by atoms with Gasteiger partial charge in [0.25, 0.3) is 0 Å². The lowest BCUT2D eigenvalue weighted by Crippen LogP contribution is -1.95. The molecule has 3 aromatic heterocycles. The van der Waals surface area contributed by atoms with E-state index < -0.39 is 0 Å². The molecular formula is C17H11BrN4. The molecule has 22 heavy (non-hydrogen) atoms. The second-order valence-corrected chi connectivity index (χ2v) is 5.78.